The molecular formula is C26H29N3O2. The summed E-state index contributed by atoms with van der Waals surface area (Å²) in [6.07, 6.45) is 3.97. The third kappa shape index (κ3) is 5.30. The van der Waals surface area contributed by atoms with Crippen LogP contribution in [0.5, 0.6) is 0 Å². The van der Waals surface area contributed by atoms with Crippen LogP contribution in [0.1, 0.15) is 30.7 Å². The maximum absolute atomic E-state index is 11.4. The summed E-state index contributed by atoms with van der Waals surface area (Å²) in [5.41, 5.74) is 3.51. The van der Waals surface area contributed by atoms with Crippen molar-refractivity contribution in [3.8, 4) is 0 Å². The maximum Gasteiger partial charge on any atom is 0.245 e. The molecule has 0 atom stereocenters. The van der Waals surface area contributed by atoms with Crippen LogP contribution in [0.3, 0.4) is 0 Å². The molecule has 0 radical (unpaired) electrons. The van der Waals surface area contributed by atoms with E-state index in [1.54, 1.807) is 0 Å². The second kappa shape index (κ2) is 10.2. The Bertz CT molecular complexity index is 1170. The molecule has 0 aliphatic heterocycles. The van der Waals surface area contributed by atoms with Crippen molar-refractivity contribution in [1.82, 2.24) is 14.9 Å². The molecular weight excluding hydrogens is 386 g/mol. The van der Waals surface area contributed by atoms with Gasteiger partial charge in [0.1, 0.15) is 12.4 Å². The molecule has 1 aromatic heterocycles. The number of benzene rings is 3. The van der Waals surface area contributed by atoms with Crippen LogP contribution in [0.25, 0.3) is 21.8 Å². The highest BCUT2D eigenvalue weighted by atomic mass is 16.5. The van der Waals surface area contributed by atoms with Crippen molar-refractivity contribution in [3.63, 3.8) is 0 Å². The minimum absolute atomic E-state index is 0.0559. The van der Waals surface area contributed by atoms with Gasteiger partial charge in [-0.25, -0.2) is 4.98 Å². The van der Waals surface area contributed by atoms with E-state index >= 15 is 0 Å². The van der Waals surface area contributed by atoms with Crippen molar-refractivity contribution in [2.24, 2.45) is 0 Å². The zero-order valence-corrected chi connectivity index (χ0v) is 18.0. The van der Waals surface area contributed by atoms with Crippen LogP contribution < -0.4 is 5.32 Å². The highest BCUT2D eigenvalue weighted by molar-refractivity contribution is 5.83. The molecule has 1 N–H and O–H groups in total. The van der Waals surface area contributed by atoms with Crippen molar-refractivity contribution in [2.75, 3.05) is 20.3 Å². The molecule has 0 aliphatic carbocycles. The van der Waals surface area contributed by atoms with Gasteiger partial charge in [-0.1, -0.05) is 55.0 Å². The molecule has 5 heteroatoms. The Labute approximate surface area is 183 Å². The minimum Gasteiger partial charge on any atom is -0.375 e. The number of nitrogens with zero attached hydrogens (tertiary/aromatic N) is 2. The standard InChI is InChI=1S/C26H29N3O2/c1-31-19-26(30)27-16-8-2-3-13-25-28-23-11-6-7-12-24(23)29(25)18-20-14-15-21-9-4-5-10-22(21)17-20/h4-7,9-12,14-15,17H,2-3,8,13,16,18-19H2,1H3,(H,27,30). The lowest BCUT2D eigenvalue weighted by Crippen LogP contribution is -2.27. The Kier molecular flexibility index (Phi) is 6.95. The number of methoxy groups -OCH3 is 1. The summed E-state index contributed by atoms with van der Waals surface area (Å²) in [5.74, 6) is 1.07. The fourth-order valence-electron chi connectivity index (χ4n) is 4.01. The fraction of sp³-hybridized carbons (Fsp3) is 0.308. The zero-order valence-electron chi connectivity index (χ0n) is 18.0. The van der Waals surface area contributed by atoms with E-state index in [-0.39, 0.29) is 12.5 Å². The molecule has 0 fully saturated rings. The topological polar surface area (TPSA) is 56.1 Å². The van der Waals surface area contributed by atoms with Gasteiger partial charge in [0.15, 0.2) is 0 Å². The number of hydrogen-bond donors (Lipinski definition) is 1. The summed E-state index contributed by atoms with van der Waals surface area (Å²) in [4.78, 5) is 16.4. The number of aromatic nitrogens is 2. The Morgan fingerprint density at radius 1 is 0.968 bits per heavy atom. The first-order valence-corrected chi connectivity index (χ1v) is 10.9. The van der Waals surface area contributed by atoms with E-state index in [1.807, 2.05) is 6.07 Å². The van der Waals surface area contributed by atoms with E-state index in [1.165, 1.54) is 29.0 Å². The number of imidazole rings is 1. The van der Waals surface area contributed by atoms with E-state index in [4.69, 9.17) is 9.72 Å². The number of rotatable bonds is 10. The first kappa shape index (κ1) is 21.1. The van der Waals surface area contributed by atoms with Gasteiger partial charge in [0, 0.05) is 26.6 Å². The third-order valence-corrected chi connectivity index (χ3v) is 5.56. The van der Waals surface area contributed by atoms with Crippen LogP contribution in [-0.2, 0) is 22.5 Å². The lowest BCUT2D eigenvalue weighted by atomic mass is 10.1. The Morgan fingerprint density at radius 3 is 2.65 bits per heavy atom. The van der Waals surface area contributed by atoms with E-state index < -0.39 is 0 Å². The van der Waals surface area contributed by atoms with Crippen molar-refractivity contribution in [2.45, 2.75) is 32.2 Å². The number of carbonyl (C=O) groups is 1. The summed E-state index contributed by atoms with van der Waals surface area (Å²) in [6.45, 7) is 1.63. The summed E-state index contributed by atoms with van der Waals surface area (Å²) in [6, 6.07) is 23.5. The molecule has 4 rings (SSSR count). The first-order valence-electron chi connectivity index (χ1n) is 10.9. The molecule has 1 amide bonds. The van der Waals surface area contributed by atoms with Crippen LogP contribution in [0.4, 0.5) is 0 Å². The number of fused-ring (bicyclic) bond motifs is 2. The average molecular weight is 416 g/mol. The van der Waals surface area contributed by atoms with Crippen LogP contribution in [-0.4, -0.2) is 35.7 Å². The number of ether oxygens (including phenoxy) is 1. The number of amides is 1. The number of unbranched alkanes of at least 4 members (excludes halogenated alkanes) is 2. The van der Waals surface area contributed by atoms with E-state index in [2.05, 4.69) is 70.5 Å². The summed E-state index contributed by atoms with van der Waals surface area (Å²) >= 11 is 0. The quantitative estimate of drug-likeness (QED) is 0.382. The van der Waals surface area contributed by atoms with Crippen molar-refractivity contribution < 1.29 is 9.53 Å². The molecule has 4 aromatic rings. The van der Waals surface area contributed by atoms with Crippen LogP contribution in [0.15, 0.2) is 66.7 Å². The SMILES string of the molecule is COCC(=O)NCCCCCc1nc2ccccc2n1Cc1ccc2ccccc2c1. The lowest BCUT2D eigenvalue weighted by Gasteiger charge is -2.11. The van der Waals surface area contributed by atoms with Crippen molar-refractivity contribution in [3.05, 3.63) is 78.1 Å². The Balaban J connectivity index is 1.44. The zero-order chi connectivity index (χ0) is 21.5. The van der Waals surface area contributed by atoms with Crippen LogP contribution >= 0.6 is 0 Å². The molecule has 0 bridgehead atoms. The Hall–Kier alpha value is -3.18. The molecule has 0 spiro atoms. The summed E-state index contributed by atoms with van der Waals surface area (Å²) < 4.78 is 7.18. The van der Waals surface area contributed by atoms with Crippen molar-refractivity contribution in [1.29, 1.82) is 0 Å². The maximum atomic E-state index is 11.4. The second-order valence-electron chi connectivity index (χ2n) is 7.88. The summed E-state index contributed by atoms with van der Waals surface area (Å²) in [7, 11) is 1.53. The highest BCUT2D eigenvalue weighted by Gasteiger charge is 2.11. The lowest BCUT2D eigenvalue weighted by molar-refractivity contribution is -0.124. The molecule has 31 heavy (non-hydrogen) atoms. The largest absolute Gasteiger partial charge is 0.375 e. The molecule has 1 heterocycles. The number of aryl methyl sites for hydroxylation is 1. The first-order chi connectivity index (χ1) is 15.2. The van der Waals surface area contributed by atoms with Crippen LogP contribution in [0, 0.1) is 0 Å². The van der Waals surface area contributed by atoms with Crippen molar-refractivity contribution >= 4 is 27.7 Å². The van der Waals surface area contributed by atoms with Gasteiger partial charge in [0.05, 0.1) is 11.0 Å². The van der Waals surface area contributed by atoms with Gasteiger partial charge in [0.25, 0.3) is 0 Å². The van der Waals surface area contributed by atoms with Gasteiger partial charge in [-0.05, 0) is 47.4 Å². The van der Waals surface area contributed by atoms with E-state index in [9.17, 15) is 4.79 Å². The Morgan fingerprint density at radius 2 is 1.77 bits per heavy atom. The fourth-order valence-corrected chi connectivity index (χ4v) is 4.01. The molecule has 5 nitrogen and oxygen atoms in total. The third-order valence-electron chi connectivity index (χ3n) is 5.56. The van der Waals surface area contributed by atoms with Crippen LogP contribution in [0.2, 0.25) is 0 Å². The molecule has 0 aliphatic rings. The van der Waals surface area contributed by atoms with Gasteiger partial charge in [0.2, 0.25) is 5.91 Å². The minimum atomic E-state index is -0.0559. The van der Waals surface area contributed by atoms with Gasteiger partial charge in [-0.2, -0.15) is 0 Å². The highest BCUT2D eigenvalue weighted by Crippen LogP contribution is 2.22. The van der Waals surface area contributed by atoms with Gasteiger partial charge < -0.3 is 14.6 Å². The number of para-hydroxylation sites is 2. The molecule has 160 valence electrons. The smallest absolute Gasteiger partial charge is 0.245 e. The molecule has 0 saturated carbocycles. The predicted molar refractivity (Wildman–Crippen MR) is 125 cm³/mol. The van der Waals surface area contributed by atoms with Gasteiger partial charge in [-0.3, -0.25) is 4.79 Å². The molecule has 0 unspecified atom stereocenters. The average Bonchev–Trinajstić information content (AvgIpc) is 3.13. The van der Waals surface area contributed by atoms with E-state index in [0.717, 1.165) is 43.6 Å². The van der Waals surface area contributed by atoms with Gasteiger partial charge in [-0.15, -0.1) is 0 Å². The number of carbonyl (C=O) groups excluding carboxylic acids is 1. The number of hydrogen-bond acceptors (Lipinski definition) is 3. The normalized spacial score (nSPS) is 11.3. The van der Waals surface area contributed by atoms with Gasteiger partial charge >= 0.3 is 0 Å². The summed E-state index contributed by atoms with van der Waals surface area (Å²) in [5, 5.41) is 5.41. The monoisotopic (exact) mass is 415 g/mol. The molecule has 0 saturated heterocycles. The molecule has 3 aromatic carbocycles. The predicted octanol–water partition coefficient (Wildman–Crippen LogP) is 4.71. The number of nitrogens with one attached hydrogen (secondary N) is 1. The second-order valence-corrected chi connectivity index (χ2v) is 7.88. The van der Waals surface area contributed by atoms with E-state index in [0.29, 0.717) is 6.54 Å².